The fourth-order valence-corrected chi connectivity index (χ4v) is 2.66. The van der Waals surface area contributed by atoms with Gasteiger partial charge in [-0.25, -0.2) is 0 Å². The van der Waals surface area contributed by atoms with Gasteiger partial charge in [0.05, 0.1) is 7.11 Å². The molecule has 2 rings (SSSR count). The molecular formula is C16H25NO2. The van der Waals surface area contributed by atoms with Gasteiger partial charge in [0, 0.05) is 12.1 Å². The number of piperidine rings is 1. The van der Waals surface area contributed by atoms with Crippen LogP contribution >= 0.6 is 0 Å². The zero-order valence-corrected chi connectivity index (χ0v) is 12.3. The summed E-state index contributed by atoms with van der Waals surface area (Å²) in [4.78, 5) is 2.42. The van der Waals surface area contributed by atoms with Crippen molar-refractivity contribution in [2.24, 2.45) is 5.41 Å². The summed E-state index contributed by atoms with van der Waals surface area (Å²) in [5.41, 5.74) is 1.46. The number of ether oxygens (including phenoxy) is 1. The number of hydrogen-bond donors (Lipinski definition) is 1. The Kier molecular flexibility index (Phi) is 4.35. The Morgan fingerprint density at radius 3 is 2.58 bits per heavy atom. The van der Waals surface area contributed by atoms with Crippen LogP contribution in [0, 0.1) is 5.41 Å². The van der Waals surface area contributed by atoms with Gasteiger partial charge in [0.15, 0.2) is 0 Å². The molecule has 0 amide bonds. The third kappa shape index (κ3) is 3.41. The first-order valence-corrected chi connectivity index (χ1v) is 7.14. The monoisotopic (exact) mass is 263 g/mol. The maximum absolute atomic E-state index is 9.93. The predicted octanol–water partition coefficient (Wildman–Crippen LogP) is 3.41. The summed E-state index contributed by atoms with van der Waals surface area (Å²) in [5, 5.41) is 9.93. The van der Waals surface area contributed by atoms with Crippen LogP contribution in [0.4, 0.5) is 0 Å². The van der Waals surface area contributed by atoms with E-state index >= 15 is 0 Å². The normalized spacial score (nSPS) is 19.3. The molecule has 1 aliphatic rings. The number of hydrogen-bond acceptors (Lipinski definition) is 3. The third-order valence-electron chi connectivity index (χ3n) is 4.60. The molecule has 1 fully saturated rings. The first-order valence-electron chi connectivity index (χ1n) is 7.14. The Balaban J connectivity index is 1.99. The minimum Gasteiger partial charge on any atom is -0.508 e. The molecule has 0 aromatic heterocycles. The Morgan fingerprint density at radius 1 is 1.32 bits per heavy atom. The second-order valence-corrected chi connectivity index (χ2v) is 5.94. The van der Waals surface area contributed by atoms with Gasteiger partial charge in [-0.05, 0) is 49.5 Å². The number of likely N-dealkylation sites (tertiary alicyclic amines) is 1. The molecule has 0 atom stereocenters. The lowest BCUT2D eigenvalue weighted by Crippen LogP contribution is -2.37. The van der Waals surface area contributed by atoms with Crippen LogP contribution in [0.25, 0.3) is 0 Å². The first kappa shape index (κ1) is 14.2. The minimum atomic E-state index is 0.365. The van der Waals surface area contributed by atoms with Crippen molar-refractivity contribution in [3.8, 4) is 11.5 Å². The van der Waals surface area contributed by atoms with Crippen molar-refractivity contribution in [2.45, 2.75) is 39.7 Å². The van der Waals surface area contributed by atoms with E-state index in [4.69, 9.17) is 4.74 Å². The summed E-state index contributed by atoms with van der Waals surface area (Å²) >= 11 is 0. The van der Waals surface area contributed by atoms with E-state index in [1.165, 1.54) is 19.3 Å². The van der Waals surface area contributed by atoms with Gasteiger partial charge in [0.25, 0.3) is 0 Å². The highest BCUT2D eigenvalue weighted by atomic mass is 16.5. The van der Waals surface area contributed by atoms with Crippen LogP contribution in [0.5, 0.6) is 11.5 Å². The van der Waals surface area contributed by atoms with E-state index in [0.29, 0.717) is 11.2 Å². The molecule has 0 saturated carbocycles. The van der Waals surface area contributed by atoms with Crippen LogP contribution in [0.2, 0.25) is 0 Å². The Hall–Kier alpha value is -1.22. The van der Waals surface area contributed by atoms with Gasteiger partial charge in [-0.1, -0.05) is 20.3 Å². The zero-order chi connectivity index (χ0) is 13.9. The number of methoxy groups -OCH3 is 1. The highest BCUT2D eigenvalue weighted by Gasteiger charge is 2.28. The summed E-state index contributed by atoms with van der Waals surface area (Å²) in [6.07, 6.45) is 3.74. The molecule has 1 N–H and O–H groups in total. The summed E-state index contributed by atoms with van der Waals surface area (Å²) < 4.78 is 5.22. The van der Waals surface area contributed by atoms with Crippen molar-refractivity contribution < 1.29 is 9.84 Å². The van der Waals surface area contributed by atoms with Gasteiger partial charge in [-0.2, -0.15) is 0 Å². The van der Waals surface area contributed by atoms with Gasteiger partial charge in [-0.3, -0.25) is 4.90 Å². The fraction of sp³-hybridized carbons (Fsp3) is 0.625. The average Bonchev–Trinajstić information content (AvgIpc) is 2.44. The molecule has 0 aliphatic carbocycles. The summed E-state index contributed by atoms with van der Waals surface area (Å²) in [5.74, 6) is 1.17. The van der Waals surface area contributed by atoms with E-state index in [9.17, 15) is 5.11 Å². The van der Waals surface area contributed by atoms with Gasteiger partial charge in [0.2, 0.25) is 0 Å². The molecule has 19 heavy (non-hydrogen) atoms. The number of phenols is 1. The molecular weight excluding hydrogens is 238 g/mol. The van der Waals surface area contributed by atoms with Crippen LogP contribution in [0.3, 0.4) is 0 Å². The molecule has 1 aromatic rings. The lowest BCUT2D eigenvalue weighted by Gasteiger charge is -2.39. The van der Waals surface area contributed by atoms with Crippen molar-refractivity contribution in [1.29, 1.82) is 0 Å². The van der Waals surface area contributed by atoms with Crippen LogP contribution in [-0.4, -0.2) is 30.2 Å². The molecule has 0 unspecified atom stereocenters. The lowest BCUT2D eigenvalue weighted by molar-refractivity contribution is 0.109. The Bertz CT molecular complexity index is 423. The maximum atomic E-state index is 9.93. The average molecular weight is 263 g/mol. The molecule has 1 aliphatic heterocycles. The minimum absolute atomic E-state index is 0.365. The number of nitrogens with zero attached hydrogens (tertiary/aromatic N) is 1. The second-order valence-electron chi connectivity index (χ2n) is 5.94. The summed E-state index contributed by atoms with van der Waals surface area (Å²) in [7, 11) is 1.66. The number of phenolic OH excluding ortho intramolecular Hbond substituents is 1. The van der Waals surface area contributed by atoms with Crippen molar-refractivity contribution in [1.82, 2.24) is 4.90 Å². The summed E-state index contributed by atoms with van der Waals surface area (Å²) in [6.45, 7) is 7.70. The van der Waals surface area contributed by atoms with Crippen molar-refractivity contribution in [3.05, 3.63) is 23.8 Å². The van der Waals surface area contributed by atoms with E-state index in [-0.39, 0.29) is 0 Å². The molecule has 0 bridgehead atoms. The van der Waals surface area contributed by atoms with E-state index < -0.39 is 0 Å². The quantitative estimate of drug-likeness (QED) is 0.903. The molecule has 1 aromatic carbocycles. The predicted molar refractivity (Wildman–Crippen MR) is 77.6 cm³/mol. The van der Waals surface area contributed by atoms with E-state index in [1.807, 2.05) is 6.07 Å². The first-order chi connectivity index (χ1) is 9.06. The SMILES string of the molecule is CCC1(C)CCN(Cc2cc(OC)ccc2O)CC1. The maximum Gasteiger partial charge on any atom is 0.120 e. The topological polar surface area (TPSA) is 32.7 Å². The van der Waals surface area contributed by atoms with Crippen LogP contribution in [0.1, 0.15) is 38.7 Å². The van der Waals surface area contributed by atoms with E-state index in [2.05, 4.69) is 18.7 Å². The number of benzene rings is 1. The molecule has 0 radical (unpaired) electrons. The Morgan fingerprint density at radius 2 is 2.00 bits per heavy atom. The summed E-state index contributed by atoms with van der Waals surface area (Å²) in [6, 6.07) is 5.44. The van der Waals surface area contributed by atoms with Crippen molar-refractivity contribution in [3.63, 3.8) is 0 Å². The van der Waals surface area contributed by atoms with E-state index in [0.717, 1.165) is 30.9 Å². The molecule has 106 valence electrons. The molecule has 3 heteroatoms. The fourth-order valence-electron chi connectivity index (χ4n) is 2.66. The van der Waals surface area contributed by atoms with Gasteiger partial charge >= 0.3 is 0 Å². The van der Waals surface area contributed by atoms with Gasteiger partial charge in [0.1, 0.15) is 11.5 Å². The molecule has 1 saturated heterocycles. The van der Waals surface area contributed by atoms with Crippen molar-refractivity contribution >= 4 is 0 Å². The van der Waals surface area contributed by atoms with Crippen LogP contribution in [-0.2, 0) is 6.54 Å². The third-order valence-corrected chi connectivity index (χ3v) is 4.60. The van der Waals surface area contributed by atoms with Gasteiger partial charge < -0.3 is 9.84 Å². The highest BCUT2D eigenvalue weighted by Crippen LogP contribution is 2.35. The van der Waals surface area contributed by atoms with Crippen LogP contribution < -0.4 is 4.74 Å². The standard InChI is InChI=1S/C16H25NO2/c1-4-16(2)7-9-17(10-8-16)12-13-11-14(19-3)5-6-15(13)18/h5-6,11,18H,4,7-10,12H2,1-3H3. The Labute approximate surface area is 116 Å². The second kappa shape index (κ2) is 5.83. The van der Waals surface area contributed by atoms with Crippen molar-refractivity contribution in [2.75, 3.05) is 20.2 Å². The molecule has 1 heterocycles. The number of aromatic hydroxyl groups is 1. The molecule has 3 nitrogen and oxygen atoms in total. The number of rotatable bonds is 4. The highest BCUT2D eigenvalue weighted by molar-refractivity contribution is 5.39. The van der Waals surface area contributed by atoms with Gasteiger partial charge in [-0.15, -0.1) is 0 Å². The molecule has 0 spiro atoms. The zero-order valence-electron chi connectivity index (χ0n) is 12.3. The largest absolute Gasteiger partial charge is 0.508 e. The van der Waals surface area contributed by atoms with E-state index in [1.54, 1.807) is 19.2 Å². The van der Waals surface area contributed by atoms with Crippen LogP contribution in [0.15, 0.2) is 18.2 Å². The smallest absolute Gasteiger partial charge is 0.120 e. The lowest BCUT2D eigenvalue weighted by atomic mass is 9.78.